The SMILES string of the molecule is CC(=O)NC1OCC(O)OC1O. The number of hydrogen-bond donors (Lipinski definition) is 3. The van der Waals surface area contributed by atoms with E-state index >= 15 is 0 Å². The van der Waals surface area contributed by atoms with Gasteiger partial charge < -0.3 is 25.0 Å². The largest absolute Gasteiger partial charge is 0.366 e. The Morgan fingerprint density at radius 1 is 1.58 bits per heavy atom. The minimum Gasteiger partial charge on any atom is -0.366 e. The van der Waals surface area contributed by atoms with Gasteiger partial charge in [0.15, 0.2) is 12.5 Å². The molecule has 0 aromatic heterocycles. The van der Waals surface area contributed by atoms with Crippen LogP contribution in [0.1, 0.15) is 6.92 Å². The molecule has 0 aromatic rings. The van der Waals surface area contributed by atoms with Gasteiger partial charge in [-0.05, 0) is 0 Å². The number of carbonyl (C=O) groups is 1. The van der Waals surface area contributed by atoms with Gasteiger partial charge in [-0.3, -0.25) is 4.79 Å². The van der Waals surface area contributed by atoms with Crippen LogP contribution in [0.3, 0.4) is 0 Å². The van der Waals surface area contributed by atoms with Crippen molar-refractivity contribution in [2.75, 3.05) is 6.61 Å². The van der Waals surface area contributed by atoms with Crippen LogP contribution in [0.4, 0.5) is 0 Å². The lowest BCUT2D eigenvalue weighted by molar-refractivity contribution is -0.311. The molecule has 1 aliphatic rings. The van der Waals surface area contributed by atoms with Crippen LogP contribution in [0.15, 0.2) is 0 Å². The molecule has 1 aliphatic heterocycles. The monoisotopic (exact) mass is 177 g/mol. The Labute approximate surface area is 69.1 Å². The van der Waals surface area contributed by atoms with E-state index in [1.807, 2.05) is 0 Å². The van der Waals surface area contributed by atoms with Gasteiger partial charge in [0.25, 0.3) is 0 Å². The molecule has 0 spiro atoms. The van der Waals surface area contributed by atoms with Crippen molar-refractivity contribution in [3.8, 4) is 0 Å². The summed E-state index contributed by atoms with van der Waals surface area (Å²) in [5.41, 5.74) is 0. The van der Waals surface area contributed by atoms with Crippen LogP contribution in [0.5, 0.6) is 0 Å². The minimum absolute atomic E-state index is 0.0675. The lowest BCUT2D eigenvalue weighted by atomic mass is 10.4. The zero-order valence-electron chi connectivity index (χ0n) is 6.56. The minimum atomic E-state index is -1.32. The molecule has 1 saturated heterocycles. The Morgan fingerprint density at radius 2 is 2.25 bits per heavy atom. The second-order valence-corrected chi connectivity index (χ2v) is 2.44. The van der Waals surface area contributed by atoms with Crippen molar-refractivity contribution in [1.29, 1.82) is 0 Å². The van der Waals surface area contributed by atoms with Crippen LogP contribution >= 0.6 is 0 Å². The summed E-state index contributed by atoms with van der Waals surface area (Å²) < 4.78 is 9.43. The van der Waals surface area contributed by atoms with Crippen molar-refractivity contribution in [2.45, 2.75) is 25.7 Å². The fourth-order valence-electron chi connectivity index (χ4n) is 0.853. The highest BCUT2D eigenvalue weighted by Gasteiger charge is 2.29. The van der Waals surface area contributed by atoms with Gasteiger partial charge in [-0.25, -0.2) is 0 Å². The van der Waals surface area contributed by atoms with Crippen molar-refractivity contribution in [3.05, 3.63) is 0 Å². The zero-order valence-corrected chi connectivity index (χ0v) is 6.56. The van der Waals surface area contributed by atoms with Crippen LogP contribution in [0.25, 0.3) is 0 Å². The molecule has 6 heteroatoms. The zero-order chi connectivity index (χ0) is 9.14. The normalized spacial score (nSPS) is 36.1. The Hall–Kier alpha value is -0.690. The number of hydrogen-bond acceptors (Lipinski definition) is 5. The molecule has 1 fully saturated rings. The van der Waals surface area contributed by atoms with Gasteiger partial charge in [0.2, 0.25) is 12.2 Å². The highest BCUT2D eigenvalue weighted by molar-refractivity contribution is 5.73. The molecule has 3 N–H and O–H groups in total. The molecule has 0 aliphatic carbocycles. The summed E-state index contributed by atoms with van der Waals surface area (Å²) in [5, 5.41) is 20.2. The van der Waals surface area contributed by atoms with Gasteiger partial charge in [0, 0.05) is 6.92 Å². The highest BCUT2D eigenvalue weighted by Crippen LogP contribution is 2.08. The molecule has 0 saturated carbocycles. The van der Waals surface area contributed by atoms with E-state index in [1.165, 1.54) is 6.92 Å². The summed E-state index contributed by atoms with van der Waals surface area (Å²) in [4.78, 5) is 10.5. The first kappa shape index (κ1) is 9.40. The van der Waals surface area contributed by atoms with E-state index in [1.54, 1.807) is 0 Å². The molecule has 12 heavy (non-hydrogen) atoms. The second kappa shape index (κ2) is 3.81. The van der Waals surface area contributed by atoms with E-state index in [9.17, 15) is 4.79 Å². The summed E-state index contributed by atoms with van der Waals surface area (Å²) in [6, 6.07) is 0. The van der Waals surface area contributed by atoms with Crippen LogP contribution in [-0.2, 0) is 14.3 Å². The van der Waals surface area contributed by atoms with Gasteiger partial charge in [-0.1, -0.05) is 0 Å². The molecule has 1 heterocycles. The Kier molecular flexibility index (Phi) is 2.99. The van der Waals surface area contributed by atoms with E-state index in [2.05, 4.69) is 10.1 Å². The molecular formula is C6H11NO5. The molecule has 0 aromatic carbocycles. The number of rotatable bonds is 1. The molecule has 6 nitrogen and oxygen atoms in total. The molecule has 3 unspecified atom stereocenters. The average molecular weight is 177 g/mol. The summed E-state index contributed by atoms with van der Waals surface area (Å²) in [6.45, 7) is 1.23. The Bertz CT molecular complexity index is 173. The maximum Gasteiger partial charge on any atom is 0.218 e. The summed E-state index contributed by atoms with van der Waals surface area (Å²) >= 11 is 0. The third-order valence-electron chi connectivity index (χ3n) is 1.32. The lowest BCUT2D eigenvalue weighted by Gasteiger charge is -2.31. The first-order valence-corrected chi connectivity index (χ1v) is 3.50. The average Bonchev–Trinajstić information content (AvgIpc) is 1.94. The molecular weight excluding hydrogens is 166 g/mol. The number of amides is 1. The maximum absolute atomic E-state index is 10.5. The third-order valence-corrected chi connectivity index (χ3v) is 1.32. The Morgan fingerprint density at radius 3 is 2.75 bits per heavy atom. The predicted octanol–water partition coefficient (Wildman–Crippen LogP) is -1.87. The fourth-order valence-corrected chi connectivity index (χ4v) is 0.853. The molecule has 1 rings (SSSR count). The van der Waals surface area contributed by atoms with E-state index in [4.69, 9.17) is 14.9 Å². The quantitative estimate of drug-likeness (QED) is 0.437. The van der Waals surface area contributed by atoms with Gasteiger partial charge in [0.1, 0.15) is 6.61 Å². The topological polar surface area (TPSA) is 88.0 Å². The van der Waals surface area contributed by atoms with Gasteiger partial charge >= 0.3 is 0 Å². The second-order valence-electron chi connectivity index (χ2n) is 2.44. The van der Waals surface area contributed by atoms with E-state index in [0.717, 1.165) is 0 Å². The van der Waals surface area contributed by atoms with Crippen molar-refractivity contribution in [2.24, 2.45) is 0 Å². The molecule has 1 amide bonds. The van der Waals surface area contributed by atoms with E-state index < -0.39 is 18.8 Å². The number of aliphatic hydroxyl groups is 2. The number of nitrogens with one attached hydrogen (secondary N) is 1. The first-order chi connectivity index (χ1) is 5.59. The van der Waals surface area contributed by atoms with Gasteiger partial charge in [-0.2, -0.15) is 0 Å². The van der Waals surface area contributed by atoms with Crippen LogP contribution in [-0.4, -0.2) is 41.5 Å². The van der Waals surface area contributed by atoms with Crippen molar-refractivity contribution < 1.29 is 24.5 Å². The smallest absolute Gasteiger partial charge is 0.218 e. The van der Waals surface area contributed by atoms with Gasteiger partial charge in [0.05, 0.1) is 0 Å². The van der Waals surface area contributed by atoms with Crippen molar-refractivity contribution in [1.82, 2.24) is 5.32 Å². The van der Waals surface area contributed by atoms with Crippen molar-refractivity contribution in [3.63, 3.8) is 0 Å². The van der Waals surface area contributed by atoms with E-state index in [-0.39, 0.29) is 12.5 Å². The molecule has 3 atom stereocenters. The molecule has 0 radical (unpaired) electrons. The van der Waals surface area contributed by atoms with Crippen LogP contribution in [0, 0.1) is 0 Å². The van der Waals surface area contributed by atoms with Crippen LogP contribution < -0.4 is 5.32 Å². The molecule has 0 bridgehead atoms. The summed E-state index contributed by atoms with van der Waals surface area (Å²) in [7, 11) is 0. The highest BCUT2D eigenvalue weighted by atomic mass is 16.7. The number of aliphatic hydroxyl groups excluding tert-OH is 2. The summed E-state index contributed by atoms with van der Waals surface area (Å²) in [6.07, 6.45) is -3.35. The number of carbonyl (C=O) groups excluding carboxylic acids is 1. The Balaban J connectivity index is 2.39. The third kappa shape index (κ3) is 2.42. The van der Waals surface area contributed by atoms with E-state index in [0.29, 0.717) is 0 Å². The standard InChI is InChI=1S/C6H11NO5/c1-3(8)7-5-6(10)12-4(9)2-11-5/h4-6,9-10H,2H2,1H3,(H,7,8). The van der Waals surface area contributed by atoms with Gasteiger partial charge in [-0.15, -0.1) is 0 Å². The fraction of sp³-hybridized carbons (Fsp3) is 0.833. The molecule has 70 valence electrons. The van der Waals surface area contributed by atoms with Crippen LogP contribution in [0.2, 0.25) is 0 Å². The predicted molar refractivity (Wildman–Crippen MR) is 36.7 cm³/mol. The van der Waals surface area contributed by atoms with Crippen molar-refractivity contribution >= 4 is 5.91 Å². The lowest BCUT2D eigenvalue weighted by Crippen LogP contribution is -2.52. The first-order valence-electron chi connectivity index (χ1n) is 3.50. The summed E-state index contributed by atoms with van der Waals surface area (Å²) in [5.74, 6) is -0.334. The maximum atomic E-state index is 10.5. The number of ether oxygens (including phenoxy) is 2.